The summed E-state index contributed by atoms with van der Waals surface area (Å²) >= 11 is 0. The third-order valence-corrected chi connectivity index (χ3v) is 11.3. The van der Waals surface area contributed by atoms with E-state index in [1.54, 1.807) is 6.92 Å². The molecule has 7 atom stereocenters. The summed E-state index contributed by atoms with van der Waals surface area (Å²) in [5.41, 5.74) is -0.385. The van der Waals surface area contributed by atoms with E-state index in [9.17, 15) is 37.1 Å². The maximum absolute atomic E-state index is 14.9. The molecule has 1 aliphatic heterocycles. The number of rotatable bonds is 18. The van der Waals surface area contributed by atoms with Crippen LogP contribution in [0.5, 0.6) is 0 Å². The Kier molecular flexibility index (Phi) is 16.3. The predicted molar refractivity (Wildman–Crippen MR) is 200 cm³/mol. The molecular formula is C39H63F3N6O6. The second-order valence-electron chi connectivity index (χ2n) is 16.6. The molecule has 3 rings (SSSR count). The lowest BCUT2D eigenvalue weighted by Crippen LogP contribution is -2.59. The number of alkyl carbamates (subject to hydrolysis) is 1. The minimum atomic E-state index is -4.63. The van der Waals surface area contributed by atoms with Gasteiger partial charge < -0.3 is 36.2 Å². The van der Waals surface area contributed by atoms with Crippen LogP contribution in [0.4, 0.5) is 18.0 Å². The van der Waals surface area contributed by atoms with Crippen molar-refractivity contribution in [3.05, 3.63) is 25.1 Å². The number of ether oxygens (including phenoxy) is 1. The van der Waals surface area contributed by atoms with E-state index in [0.717, 1.165) is 38.5 Å². The van der Waals surface area contributed by atoms with Gasteiger partial charge in [0.15, 0.2) is 0 Å². The summed E-state index contributed by atoms with van der Waals surface area (Å²) in [6, 6.07) is -4.00. The molecule has 5 unspecified atom stereocenters. The van der Waals surface area contributed by atoms with E-state index in [1.807, 2.05) is 34.6 Å². The van der Waals surface area contributed by atoms with Gasteiger partial charge in [0.05, 0.1) is 17.9 Å². The first-order chi connectivity index (χ1) is 25.3. The molecule has 4 amide bonds. The van der Waals surface area contributed by atoms with Gasteiger partial charge in [0.25, 0.3) is 5.91 Å². The summed E-state index contributed by atoms with van der Waals surface area (Å²) in [4.78, 5) is 68.3. The van der Waals surface area contributed by atoms with E-state index in [-0.39, 0.29) is 54.8 Å². The SMILES string of the molecule is C=CCNC(=O)C(=O)C(CCC(F)(F)F)NC(=O)C1[C@@H](C(C)C)CCN1C(=O)C(NC(=C)N[C@H](COC(=O)NCC)C(C)(C)C)C1CC2CCCCC2C1. The molecule has 3 fully saturated rings. The lowest BCUT2D eigenvalue weighted by Gasteiger charge is -2.37. The normalized spacial score (nSPS) is 24.4. The second-order valence-corrected chi connectivity index (χ2v) is 16.6. The average molecular weight is 769 g/mol. The van der Waals surface area contributed by atoms with E-state index in [4.69, 9.17) is 4.74 Å². The first-order valence-electron chi connectivity index (χ1n) is 19.5. The molecule has 306 valence electrons. The van der Waals surface area contributed by atoms with Crippen LogP contribution in [0.2, 0.25) is 0 Å². The van der Waals surface area contributed by atoms with Crippen molar-refractivity contribution < 1.29 is 41.9 Å². The lowest BCUT2D eigenvalue weighted by molar-refractivity contribution is -0.147. The standard InChI is InChI=1S/C39H63F3N6O6/c1-9-18-44-35(51)33(49)29(15-17-39(40,41)42)47-34(50)32-28(23(3)4)16-19-48(32)36(52)31(27-20-25-13-11-12-14-26(25)21-27)46-24(5)45-30(38(6,7)8)22-54-37(53)43-10-2/h9,23,25-32,45-46H,1,5,10-22H2,2-4,6-8H3,(H,43,53)(H,44,51)(H,47,50)/t25?,26?,27?,28-,29?,30-,31?,32?/m1/s1. The Balaban J connectivity index is 1.92. The zero-order valence-electron chi connectivity index (χ0n) is 32.9. The number of nitrogens with one attached hydrogen (secondary N) is 5. The molecule has 1 saturated heterocycles. The van der Waals surface area contributed by atoms with Crippen LogP contribution in [0.3, 0.4) is 0 Å². The van der Waals surface area contributed by atoms with Crippen LogP contribution >= 0.6 is 0 Å². The maximum atomic E-state index is 14.9. The number of carbonyl (C=O) groups excluding carboxylic acids is 5. The Bertz CT molecular complexity index is 1340. The number of Topliss-reactive ketones (excluding diaryl/α,β-unsaturated/α-hetero) is 1. The van der Waals surface area contributed by atoms with Crippen molar-refractivity contribution in [2.24, 2.45) is 35.0 Å². The fourth-order valence-corrected chi connectivity index (χ4v) is 8.25. The molecule has 0 aromatic carbocycles. The van der Waals surface area contributed by atoms with E-state index >= 15 is 0 Å². The number of ketones is 1. The number of amides is 4. The fourth-order valence-electron chi connectivity index (χ4n) is 8.25. The minimum Gasteiger partial charge on any atom is -0.447 e. The quantitative estimate of drug-likeness (QED) is 0.0969. The predicted octanol–water partition coefficient (Wildman–Crippen LogP) is 4.95. The van der Waals surface area contributed by atoms with Crippen molar-refractivity contribution in [3.8, 4) is 0 Å². The van der Waals surface area contributed by atoms with Crippen molar-refractivity contribution in [1.82, 2.24) is 31.5 Å². The van der Waals surface area contributed by atoms with Crippen LogP contribution in [-0.2, 0) is 23.9 Å². The van der Waals surface area contributed by atoms with Gasteiger partial charge in [-0.05, 0) is 67.6 Å². The molecule has 3 aliphatic rings. The molecule has 0 radical (unpaired) electrons. The number of halogens is 3. The molecule has 0 bridgehead atoms. The van der Waals surface area contributed by atoms with Crippen molar-refractivity contribution in [2.45, 2.75) is 130 Å². The van der Waals surface area contributed by atoms with Gasteiger partial charge >= 0.3 is 12.3 Å². The summed E-state index contributed by atoms with van der Waals surface area (Å²) in [6.45, 7) is 19.8. The van der Waals surface area contributed by atoms with Gasteiger partial charge in [-0.1, -0.05) is 73.0 Å². The molecule has 2 saturated carbocycles. The number of hydrogen-bond acceptors (Lipinski definition) is 8. The monoisotopic (exact) mass is 768 g/mol. The maximum Gasteiger partial charge on any atom is 0.407 e. The number of alkyl halides is 3. The van der Waals surface area contributed by atoms with Gasteiger partial charge in [0.1, 0.15) is 18.7 Å². The Hall–Kier alpha value is -3.78. The van der Waals surface area contributed by atoms with Crippen LogP contribution < -0.4 is 26.6 Å². The van der Waals surface area contributed by atoms with Gasteiger partial charge in [-0.3, -0.25) is 19.2 Å². The van der Waals surface area contributed by atoms with Crippen molar-refractivity contribution in [1.29, 1.82) is 0 Å². The third-order valence-electron chi connectivity index (χ3n) is 11.3. The topological polar surface area (TPSA) is 158 Å². The first kappa shape index (κ1) is 44.6. The van der Waals surface area contributed by atoms with Gasteiger partial charge in [-0.25, -0.2) is 4.79 Å². The van der Waals surface area contributed by atoms with Gasteiger partial charge in [-0.15, -0.1) is 6.58 Å². The Labute approximate surface area is 318 Å². The Morgan fingerprint density at radius 3 is 2.11 bits per heavy atom. The average Bonchev–Trinajstić information content (AvgIpc) is 3.74. The number of nitrogens with zero attached hydrogens (tertiary/aromatic N) is 1. The molecule has 2 aliphatic carbocycles. The van der Waals surface area contributed by atoms with Crippen LogP contribution in [0.1, 0.15) is 99.3 Å². The summed E-state index contributed by atoms with van der Waals surface area (Å²) in [6.07, 6.45) is 0.452. The summed E-state index contributed by atoms with van der Waals surface area (Å²) in [5, 5.41) is 14.1. The number of fused-ring (bicyclic) bond motifs is 1. The highest BCUT2D eigenvalue weighted by Crippen LogP contribution is 2.47. The zero-order chi connectivity index (χ0) is 40.4. The molecule has 0 spiro atoms. The molecule has 12 nitrogen and oxygen atoms in total. The largest absolute Gasteiger partial charge is 0.447 e. The van der Waals surface area contributed by atoms with Crippen molar-refractivity contribution >= 4 is 29.6 Å². The highest BCUT2D eigenvalue weighted by molar-refractivity contribution is 6.38. The van der Waals surface area contributed by atoms with Crippen LogP contribution in [-0.4, -0.2) is 91.1 Å². The van der Waals surface area contributed by atoms with E-state index in [2.05, 4.69) is 39.7 Å². The first-order valence-corrected chi connectivity index (χ1v) is 19.5. The number of hydrogen-bond donors (Lipinski definition) is 5. The zero-order valence-corrected chi connectivity index (χ0v) is 32.9. The molecule has 0 aromatic rings. The van der Waals surface area contributed by atoms with Gasteiger partial charge in [0.2, 0.25) is 17.6 Å². The van der Waals surface area contributed by atoms with Crippen LogP contribution in [0.25, 0.3) is 0 Å². The van der Waals surface area contributed by atoms with Gasteiger partial charge in [0, 0.05) is 26.1 Å². The van der Waals surface area contributed by atoms with Gasteiger partial charge in [-0.2, -0.15) is 13.2 Å². The van der Waals surface area contributed by atoms with E-state index in [0.29, 0.717) is 30.6 Å². The van der Waals surface area contributed by atoms with E-state index < -0.39 is 60.8 Å². The third kappa shape index (κ3) is 12.6. The smallest absolute Gasteiger partial charge is 0.407 e. The van der Waals surface area contributed by atoms with Crippen molar-refractivity contribution in [2.75, 3.05) is 26.2 Å². The Morgan fingerprint density at radius 1 is 0.944 bits per heavy atom. The summed E-state index contributed by atoms with van der Waals surface area (Å²) in [5.74, 6) is -2.67. The summed E-state index contributed by atoms with van der Waals surface area (Å²) < 4.78 is 45.4. The fraction of sp³-hybridized carbons (Fsp3) is 0.769. The number of likely N-dealkylation sites (tertiary alicyclic amines) is 1. The second kappa shape index (κ2) is 19.7. The van der Waals surface area contributed by atoms with Crippen LogP contribution in [0, 0.1) is 35.0 Å². The molecule has 5 N–H and O–H groups in total. The molecule has 1 heterocycles. The van der Waals surface area contributed by atoms with Crippen molar-refractivity contribution in [3.63, 3.8) is 0 Å². The molecule has 54 heavy (non-hydrogen) atoms. The number of carbonyl (C=O) groups is 5. The molecule has 15 heteroatoms. The van der Waals surface area contributed by atoms with Crippen LogP contribution in [0.15, 0.2) is 25.1 Å². The minimum absolute atomic E-state index is 0.0342. The Morgan fingerprint density at radius 2 is 1.57 bits per heavy atom. The van der Waals surface area contributed by atoms with E-state index in [1.165, 1.54) is 11.0 Å². The molecule has 0 aromatic heterocycles. The highest BCUT2D eigenvalue weighted by atomic mass is 19.4. The summed E-state index contributed by atoms with van der Waals surface area (Å²) in [7, 11) is 0. The highest BCUT2D eigenvalue weighted by Gasteiger charge is 2.49. The molecular weight excluding hydrogens is 705 g/mol. The lowest BCUT2D eigenvalue weighted by atomic mass is 9.82.